The van der Waals surface area contributed by atoms with Gasteiger partial charge in [0.25, 0.3) is 0 Å². The van der Waals surface area contributed by atoms with E-state index in [9.17, 15) is 10.2 Å². The fraction of sp³-hybridized carbons (Fsp3) is 0.554. The Balaban J connectivity index is 0.00000265. The van der Waals surface area contributed by atoms with Crippen molar-refractivity contribution in [3.63, 3.8) is 0 Å². The van der Waals surface area contributed by atoms with Gasteiger partial charge in [0.05, 0.1) is 19.3 Å². The van der Waals surface area contributed by atoms with Crippen molar-refractivity contribution in [1.82, 2.24) is 0 Å². The predicted molar refractivity (Wildman–Crippen MR) is 256 cm³/mol. The van der Waals surface area contributed by atoms with Crippen molar-refractivity contribution in [1.29, 1.82) is 5.26 Å². The number of benzene rings is 4. The van der Waals surface area contributed by atoms with Crippen LogP contribution in [-0.2, 0) is 47.3 Å². The second-order valence-corrected chi connectivity index (χ2v) is 21.6. The van der Waals surface area contributed by atoms with Gasteiger partial charge in [-0.25, -0.2) is 0 Å². The number of fused-ring (bicyclic) bond motifs is 8. The summed E-state index contributed by atoms with van der Waals surface area (Å²) >= 11 is 0. The number of nitriles is 1. The van der Waals surface area contributed by atoms with Gasteiger partial charge in [-0.15, -0.1) is 0 Å². The summed E-state index contributed by atoms with van der Waals surface area (Å²) in [5.74, 6) is 2.44. The van der Waals surface area contributed by atoms with E-state index in [0.29, 0.717) is 50.4 Å². The molecular weight excluding hydrogens is 751 g/mol. The summed E-state index contributed by atoms with van der Waals surface area (Å²) in [5, 5.41) is 32.3. The van der Waals surface area contributed by atoms with E-state index in [1.165, 1.54) is 29.2 Å². The van der Waals surface area contributed by atoms with Gasteiger partial charge in [-0.1, -0.05) is 171 Å². The normalized spacial score (nSPS) is 13.2. The highest BCUT2D eigenvalue weighted by Crippen LogP contribution is 2.44. The molecule has 4 aromatic rings. The number of hydrogen-bond acceptors (Lipinski definition) is 5. The zero-order valence-corrected chi connectivity index (χ0v) is 40.8. The summed E-state index contributed by atoms with van der Waals surface area (Å²) < 4.78 is 13.7. The van der Waals surface area contributed by atoms with Gasteiger partial charge < -0.3 is 19.7 Å². The van der Waals surface area contributed by atoms with Crippen molar-refractivity contribution >= 4 is 0 Å². The Morgan fingerprint density at radius 3 is 0.852 bits per heavy atom. The maximum Gasteiger partial charge on any atom is 0.126 e. The van der Waals surface area contributed by atoms with Gasteiger partial charge in [0.2, 0.25) is 0 Å². The molecule has 0 aliphatic heterocycles. The Hall–Kier alpha value is -4.43. The largest absolute Gasteiger partial charge is 0.507 e. The average Bonchev–Trinajstić information content (AvgIpc) is 3.14. The third-order valence-electron chi connectivity index (χ3n) is 12.0. The maximum atomic E-state index is 12.5. The minimum absolute atomic E-state index is 0.132. The second kappa shape index (κ2) is 20.2. The number of hydrogen-bond donors (Lipinski definition) is 2. The molecular formula is C56H79NO4. The van der Waals surface area contributed by atoms with E-state index in [4.69, 9.17) is 14.7 Å². The Kier molecular flexibility index (Phi) is 16.3. The molecule has 5 nitrogen and oxygen atoms in total. The van der Waals surface area contributed by atoms with Crippen LogP contribution in [0.1, 0.15) is 209 Å². The molecule has 0 saturated heterocycles. The molecule has 5 rings (SSSR count). The first kappa shape index (κ1) is 49.2. The van der Waals surface area contributed by atoms with E-state index in [1.807, 2.05) is 0 Å². The van der Waals surface area contributed by atoms with Crippen LogP contribution in [0.4, 0.5) is 0 Å². The number of rotatable bonds is 10. The quantitative estimate of drug-likeness (QED) is 0.137. The fourth-order valence-electron chi connectivity index (χ4n) is 8.07. The van der Waals surface area contributed by atoms with Gasteiger partial charge in [-0.2, -0.15) is 5.26 Å². The topological polar surface area (TPSA) is 82.7 Å². The van der Waals surface area contributed by atoms with Crippen LogP contribution in [0, 0.1) is 11.3 Å². The lowest BCUT2D eigenvalue weighted by molar-refractivity contribution is 0.300. The van der Waals surface area contributed by atoms with Gasteiger partial charge in [0.15, 0.2) is 0 Å². The molecule has 0 fully saturated rings. The van der Waals surface area contributed by atoms with Crippen LogP contribution in [0.2, 0.25) is 0 Å². The highest BCUT2D eigenvalue weighted by atomic mass is 16.5. The van der Waals surface area contributed by atoms with E-state index in [2.05, 4.69) is 145 Å². The van der Waals surface area contributed by atoms with Crippen LogP contribution in [0.25, 0.3) is 0 Å². The van der Waals surface area contributed by atoms with Crippen LogP contribution in [-0.4, -0.2) is 23.4 Å². The predicted octanol–water partition coefficient (Wildman–Crippen LogP) is 14.6. The highest BCUT2D eigenvalue weighted by molar-refractivity contribution is 5.59. The van der Waals surface area contributed by atoms with Crippen LogP contribution < -0.4 is 9.47 Å². The number of aromatic hydroxyl groups is 2. The maximum absolute atomic E-state index is 12.5. The van der Waals surface area contributed by atoms with Crippen molar-refractivity contribution in [3.05, 3.63) is 115 Å². The third-order valence-corrected chi connectivity index (χ3v) is 12.0. The zero-order chi connectivity index (χ0) is 45.5. The number of phenols is 2. The van der Waals surface area contributed by atoms with Crippen LogP contribution >= 0.6 is 0 Å². The Morgan fingerprint density at radius 2 is 0.656 bits per heavy atom. The number of unbranched alkanes of at least 4 members (excludes halogenated alkanes) is 4. The Labute approximate surface area is 370 Å². The Bertz CT molecular complexity index is 1910. The van der Waals surface area contributed by atoms with Crippen molar-refractivity contribution in [2.75, 3.05) is 13.2 Å². The monoisotopic (exact) mass is 830 g/mol. The smallest absolute Gasteiger partial charge is 0.126 e. The van der Waals surface area contributed by atoms with E-state index in [-0.39, 0.29) is 21.7 Å². The molecule has 0 unspecified atom stereocenters. The summed E-state index contributed by atoms with van der Waals surface area (Å²) in [6, 6.07) is 19.9. The molecule has 0 spiro atoms. The summed E-state index contributed by atoms with van der Waals surface area (Å²) in [6.07, 6.45) is 8.46. The van der Waals surface area contributed by atoms with Gasteiger partial charge >= 0.3 is 0 Å². The SMILES string of the molecule is CC#N.CCCCCOc1c2cc(C(C)(C)C)cc1Cc1cc(C(C)(C)C)cc(c1O)Cc1cc(C(C)(C)C)cc(c1OCCCCC)Cc1cc(C(C)(C)C)cc(c1O)C2. The molecule has 1 aliphatic carbocycles. The summed E-state index contributed by atoms with van der Waals surface area (Å²) in [5.41, 5.74) is 12.2. The first-order valence-corrected chi connectivity index (χ1v) is 23.0. The number of nitrogens with zero attached hydrogens (tertiary/aromatic N) is 1. The van der Waals surface area contributed by atoms with Crippen molar-refractivity contribution in [3.8, 4) is 29.1 Å². The minimum Gasteiger partial charge on any atom is -0.507 e. The molecule has 0 amide bonds. The molecule has 0 atom stereocenters. The van der Waals surface area contributed by atoms with Gasteiger partial charge in [-0.3, -0.25) is 0 Å². The molecule has 1 aliphatic rings. The molecule has 0 radical (unpaired) electrons. The third kappa shape index (κ3) is 12.8. The first-order chi connectivity index (χ1) is 28.4. The minimum atomic E-state index is -0.140. The molecule has 2 N–H and O–H groups in total. The van der Waals surface area contributed by atoms with Crippen LogP contribution in [0.3, 0.4) is 0 Å². The van der Waals surface area contributed by atoms with E-state index in [0.717, 1.165) is 94.5 Å². The Morgan fingerprint density at radius 1 is 0.443 bits per heavy atom. The molecule has 0 saturated carbocycles. The van der Waals surface area contributed by atoms with E-state index >= 15 is 0 Å². The van der Waals surface area contributed by atoms with Crippen LogP contribution in [0.5, 0.6) is 23.0 Å². The second-order valence-electron chi connectivity index (χ2n) is 21.6. The highest BCUT2D eigenvalue weighted by Gasteiger charge is 2.28. The molecule has 4 aromatic carbocycles. The fourth-order valence-corrected chi connectivity index (χ4v) is 8.07. The van der Waals surface area contributed by atoms with E-state index in [1.54, 1.807) is 6.07 Å². The van der Waals surface area contributed by atoms with Gasteiger partial charge in [-0.05, 0) is 101 Å². The lowest BCUT2D eigenvalue weighted by Crippen LogP contribution is -2.17. The van der Waals surface area contributed by atoms with Crippen LogP contribution in [0.15, 0.2) is 48.5 Å². The van der Waals surface area contributed by atoms with Crippen molar-refractivity contribution < 1.29 is 19.7 Å². The number of ether oxygens (including phenoxy) is 2. The molecule has 332 valence electrons. The first-order valence-electron chi connectivity index (χ1n) is 23.0. The summed E-state index contributed by atoms with van der Waals surface area (Å²) in [6.45, 7) is 34.2. The van der Waals surface area contributed by atoms with Gasteiger partial charge in [0.1, 0.15) is 23.0 Å². The molecule has 5 heteroatoms. The zero-order valence-electron chi connectivity index (χ0n) is 40.8. The summed E-state index contributed by atoms with van der Waals surface area (Å²) in [4.78, 5) is 0. The average molecular weight is 830 g/mol. The van der Waals surface area contributed by atoms with E-state index < -0.39 is 0 Å². The molecule has 0 aromatic heterocycles. The lowest BCUT2D eigenvalue weighted by atomic mass is 9.79. The molecule has 61 heavy (non-hydrogen) atoms. The standard InChI is InChI=1S/C54H76O4.C2H3N/c1-15-17-19-21-57-49-39-23-35-27-43(51(3,4)5)29-37(47(35)55)25-41-33-46(54(12,13)14)34-42(50(41)58-22-20-18-16-2)26-38-30-44(52(6,7)8)28-36(48(38)56)24-40(49)32-45(31-39)53(9,10)11;1-2-3/h27-34,55-56H,15-26H2,1-14H3;1H3. The molecule has 0 heterocycles. The summed E-state index contributed by atoms with van der Waals surface area (Å²) in [7, 11) is 0. The van der Waals surface area contributed by atoms with Gasteiger partial charge in [0, 0.05) is 32.6 Å². The van der Waals surface area contributed by atoms with Crippen molar-refractivity contribution in [2.24, 2.45) is 0 Å². The molecule has 8 bridgehead atoms. The lowest BCUT2D eigenvalue weighted by Gasteiger charge is -2.28. The van der Waals surface area contributed by atoms with Crippen molar-refractivity contribution in [2.45, 2.75) is 190 Å². The number of phenolic OH excluding ortho intramolecular Hbond substituents is 2.